The normalized spacial score (nSPS) is 15.1. The van der Waals surface area contributed by atoms with Crippen molar-refractivity contribution in [2.24, 2.45) is 0 Å². The van der Waals surface area contributed by atoms with Crippen LogP contribution >= 0.6 is 11.6 Å². The lowest BCUT2D eigenvalue weighted by Crippen LogP contribution is -2.43. The van der Waals surface area contributed by atoms with E-state index in [4.69, 9.17) is 21.4 Å². The monoisotopic (exact) mass is 284 g/mol. The molecule has 1 saturated heterocycles. The predicted molar refractivity (Wildman–Crippen MR) is 69.8 cm³/mol. The first-order valence-electron chi connectivity index (χ1n) is 5.74. The van der Waals surface area contributed by atoms with E-state index >= 15 is 0 Å². The molecular formula is C12H13ClN2O4. The Morgan fingerprint density at radius 3 is 2.58 bits per heavy atom. The van der Waals surface area contributed by atoms with Crippen LogP contribution in [-0.4, -0.2) is 48.3 Å². The topological polar surface area (TPSA) is 78.9 Å². The molecule has 0 saturated carbocycles. The number of carbonyl (C=O) groups excluding carboxylic acids is 1. The van der Waals surface area contributed by atoms with Crippen LogP contribution in [0.2, 0.25) is 5.02 Å². The van der Waals surface area contributed by atoms with E-state index in [0.717, 1.165) is 0 Å². The molecule has 0 aliphatic carbocycles. The number of morpholine rings is 1. The maximum absolute atomic E-state index is 11.9. The highest BCUT2D eigenvalue weighted by Crippen LogP contribution is 2.19. The van der Waals surface area contributed by atoms with Gasteiger partial charge in [0.2, 0.25) is 0 Å². The molecule has 1 aromatic rings. The van der Waals surface area contributed by atoms with Crippen LogP contribution in [0.25, 0.3) is 0 Å². The van der Waals surface area contributed by atoms with Gasteiger partial charge in [-0.3, -0.25) is 0 Å². The fourth-order valence-corrected chi connectivity index (χ4v) is 1.99. The highest BCUT2D eigenvalue weighted by molar-refractivity contribution is 6.31. The van der Waals surface area contributed by atoms with Gasteiger partial charge in [0.15, 0.2) is 0 Å². The van der Waals surface area contributed by atoms with Crippen LogP contribution in [0.4, 0.5) is 10.5 Å². The van der Waals surface area contributed by atoms with Crippen molar-refractivity contribution >= 4 is 29.3 Å². The van der Waals surface area contributed by atoms with Crippen LogP contribution in [0.1, 0.15) is 10.4 Å². The van der Waals surface area contributed by atoms with Gasteiger partial charge in [0.25, 0.3) is 0 Å². The summed E-state index contributed by atoms with van der Waals surface area (Å²) in [5, 5.41) is 11.8. The van der Waals surface area contributed by atoms with Crippen molar-refractivity contribution in [1.82, 2.24) is 4.90 Å². The lowest BCUT2D eigenvalue weighted by Gasteiger charge is -2.27. The number of anilines is 1. The summed E-state index contributed by atoms with van der Waals surface area (Å²) in [6.45, 7) is 2.03. The molecule has 1 aromatic carbocycles. The highest BCUT2D eigenvalue weighted by atomic mass is 35.5. The number of hydrogen-bond acceptors (Lipinski definition) is 3. The van der Waals surface area contributed by atoms with Gasteiger partial charge < -0.3 is 20.1 Å². The molecule has 0 bridgehead atoms. The molecule has 1 aliphatic heterocycles. The molecule has 6 nitrogen and oxygen atoms in total. The summed E-state index contributed by atoms with van der Waals surface area (Å²) >= 11 is 5.82. The molecule has 0 aromatic heterocycles. The standard InChI is InChI=1S/C12H13ClN2O4/c13-9-5-8(11(16)17)6-10(7-9)14-12(18)15-1-3-19-4-2-15/h5-7H,1-4H2,(H,14,18)(H,16,17). The Labute approximate surface area is 114 Å². The molecule has 0 unspecified atom stereocenters. The number of aromatic carboxylic acids is 1. The van der Waals surface area contributed by atoms with Gasteiger partial charge in [-0.2, -0.15) is 0 Å². The molecule has 2 amide bonds. The summed E-state index contributed by atoms with van der Waals surface area (Å²) in [6, 6.07) is 3.91. The average molecular weight is 285 g/mol. The SMILES string of the molecule is O=C(O)c1cc(Cl)cc(NC(=O)N2CCOCC2)c1. The highest BCUT2D eigenvalue weighted by Gasteiger charge is 2.17. The number of carbonyl (C=O) groups is 2. The fraction of sp³-hybridized carbons (Fsp3) is 0.333. The van der Waals surface area contributed by atoms with Crippen LogP contribution in [0.3, 0.4) is 0 Å². The van der Waals surface area contributed by atoms with Gasteiger partial charge in [0.05, 0.1) is 18.8 Å². The van der Waals surface area contributed by atoms with Gasteiger partial charge in [0.1, 0.15) is 0 Å². The summed E-state index contributed by atoms with van der Waals surface area (Å²) in [6.07, 6.45) is 0. The van der Waals surface area contributed by atoms with E-state index in [1.165, 1.54) is 18.2 Å². The molecule has 19 heavy (non-hydrogen) atoms. The van der Waals surface area contributed by atoms with Crippen LogP contribution in [0.15, 0.2) is 18.2 Å². The zero-order valence-corrected chi connectivity index (χ0v) is 10.8. The van der Waals surface area contributed by atoms with E-state index in [9.17, 15) is 9.59 Å². The number of benzene rings is 1. The Hall–Kier alpha value is -1.79. The molecule has 102 valence electrons. The molecule has 7 heteroatoms. The van der Waals surface area contributed by atoms with Crippen LogP contribution in [0.5, 0.6) is 0 Å². The molecule has 0 radical (unpaired) electrons. The maximum Gasteiger partial charge on any atom is 0.335 e. The first-order chi connectivity index (χ1) is 9.06. The summed E-state index contributed by atoms with van der Waals surface area (Å²) in [5.41, 5.74) is 0.395. The van der Waals surface area contributed by atoms with E-state index in [0.29, 0.717) is 32.0 Å². The van der Waals surface area contributed by atoms with Gasteiger partial charge in [-0.05, 0) is 18.2 Å². The lowest BCUT2D eigenvalue weighted by atomic mass is 10.2. The van der Waals surface area contributed by atoms with Crippen molar-refractivity contribution in [1.29, 1.82) is 0 Å². The van der Waals surface area contributed by atoms with Crippen molar-refractivity contribution in [3.05, 3.63) is 28.8 Å². The van der Waals surface area contributed by atoms with Crippen LogP contribution < -0.4 is 5.32 Å². The van der Waals surface area contributed by atoms with Gasteiger partial charge in [0, 0.05) is 23.8 Å². The van der Waals surface area contributed by atoms with Crippen molar-refractivity contribution in [3.8, 4) is 0 Å². The molecule has 1 heterocycles. The average Bonchev–Trinajstić information content (AvgIpc) is 2.39. The zero-order chi connectivity index (χ0) is 13.8. The van der Waals surface area contributed by atoms with Crippen LogP contribution in [-0.2, 0) is 4.74 Å². The number of nitrogens with one attached hydrogen (secondary N) is 1. The number of nitrogens with zero attached hydrogens (tertiary/aromatic N) is 1. The van der Waals surface area contributed by atoms with Crippen molar-refractivity contribution in [2.75, 3.05) is 31.6 Å². The minimum absolute atomic E-state index is 0.0322. The van der Waals surface area contributed by atoms with E-state index < -0.39 is 5.97 Å². The Bertz CT molecular complexity index is 501. The molecule has 0 spiro atoms. The predicted octanol–water partition coefficient (Wildman–Crippen LogP) is 1.90. The second-order valence-corrected chi connectivity index (χ2v) is 4.50. The number of rotatable bonds is 2. The van der Waals surface area contributed by atoms with Gasteiger partial charge in [-0.15, -0.1) is 0 Å². The summed E-state index contributed by atoms with van der Waals surface area (Å²) < 4.78 is 5.15. The third-order valence-corrected chi connectivity index (χ3v) is 2.91. The molecule has 1 fully saturated rings. The second kappa shape index (κ2) is 5.90. The third kappa shape index (κ3) is 3.59. The quantitative estimate of drug-likeness (QED) is 0.869. The minimum atomic E-state index is -1.09. The van der Waals surface area contributed by atoms with E-state index in [1.54, 1.807) is 4.90 Å². The van der Waals surface area contributed by atoms with Gasteiger partial charge in [-0.1, -0.05) is 11.6 Å². The molecule has 1 aliphatic rings. The largest absolute Gasteiger partial charge is 0.478 e. The number of urea groups is 1. The maximum atomic E-state index is 11.9. The third-order valence-electron chi connectivity index (χ3n) is 2.69. The fourth-order valence-electron chi connectivity index (χ4n) is 1.75. The summed E-state index contributed by atoms with van der Waals surface area (Å²) in [7, 11) is 0. The molecule has 2 rings (SSSR count). The zero-order valence-electron chi connectivity index (χ0n) is 10.1. The molecule has 2 N–H and O–H groups in total. The number of amides is 2. The number of halogens is 1. The van der Waals surface area contributed by atoms with Crippen molar-refractivity contribution in [2.45, 2.75) is 0 Å². The number of hydrogen-bond donors (Lipinski definition) is 2. The van der Waals surface area contributed by atoms with Crippen molar-refractivity contribution in [3.63, 3.8) is 0 Å². The van der Waals surface area contributed by atoms with Gasteiger partial charge in [-0.25, -0.2) is 9.59 Å². The van der Waals surface area contributed by atoms with E-state index in [1.807, 2.05) is 0 Å². The molecule has 0 atom stereocenters. The number of carboxylic acid groups (broad SMARTS) is 1. The Morgan fingerprint density at radius 2 is 1.95 bits per heavy atom. The minimum Gasteiger partial charge on any atom is -0.478 e. The van der Waals surface area contributed by atoms with Crippen LogP contribution in [0, 0.1) is 0 Å². The van der Waals surface area contributed by atoms with E-state index in [-0.39, 0.29) is 16.6 Å². The Balaban J connectivity index is 2.09. The smallest absolute Gasteiger partial charge is 0.335 e. The molecular weight excluding hydrogens is 272 g/mol. The Kier molecular flexibility index (Phi) is 4.24. The Morgan fingerprint density at radius 1 is 1.26 bits per heavy atom. The summed E-state index contributed by atoms with van der Waals surface area (Å²) in [4.78, 5) is 24.4. The first-order valence-corrected chi connectivity index (χ1v) is 6.11. The number of carboxylic acids is 1. The lowest BCUT2D eigenvalue weighted by molar-refractivity contribution is 0.0564. The van der Waals surface area contributed by atoms with E-state index in [2.05, 4.69) is 5.32 Å². The first kappa shape index (κ1) is 13.6. The number of ether oxygens (including phenoxy) is 1. The second-order valence-electron chi connectivity index (χ2n) is 4.06. The van der Waals surface area contributed by atoms with Crippen molar-refractivity contribution < 1.29 is 19.4 Å². The van der Waals surface area contributed by atoms with Gasteiger partial charge >= 0.3 is 12.0 Å². The summed E-state index contributed by atoms with van der Waals surface area (Å²) in [5.74, 6) is -1.09.